The van der Waals surface area contributed by atoms with Crippen LogP contribution in [-0.2, 0) is 0 Å². The molecule has 0 saturated heterocycles. The van der Waals surface area contributed by atoms with Crippen LogP contribution in [0.1, 0.15) is 24.2 Å². The standard InChI is InChI=1S/C16H15NO2S/c1-11(18)15-8-3-12(10-17)9-16(15)20-14-6-4-13(19-2)5-7-14/h3-9,11,18H,1-2H3/t11-/m0/s1. The van der Waals surface area contributed by atoms with Gasteiger partial charge >= 0.3 is 0 Å². The van der Waals surface area contributed by atoms with Gasteiger partial charge in [0.2, 0.25) is 0 Å². The van der Waals surface area contributed by atoms with Gasteiger partial charge in [0, 0.05) is 9.79 Å². The van der Waals surface area contributed by atoms with Crippen LogP contribution in [0.15, 0.2) is 52.3 Å². The van der Waals surface area contributed by atoms with E-state index in [9.17, 15) is 5.11 Å². The minimum absolute atomic E-state index is 0.566. The van der Waals surface area contributed by atoms with Crippen molar-refractivity contribution in [1.29, 1.82) is 5.26 Å². The summed E-state index contributed by atoms with van der Waals surface area (Å²) in [6.45, 7) is 1.72. The molecule has 1 atom stereocenters. The summed E-state index contributed by atoms with van der Waals surface area (Å²) in [4.78, 5) is 1.92. The molecule has 0 aliphatic rings. The third-order valence-corrected chi connectivity index (χ3v) is 3.96. The maximum Gasteiger partial charge on any atom is 0.118 e. The molecule has 2 aromatic carbocycles. The SMILES string of the molecule is COc1ccc(Sc2cc(C#N)ccc2[C@H](C)O)cc1. The molecule has 0 aliphatic heterocycles. The molecule has 2 rings (SSSR count). The first-order valence-electron chi connectivity index (χ1n) is 6.18. The highest BCUT2D eigenvalue weighted by molar-refractivity contribution is 7.99. The second kappa shape index (κ2) is 6.47. The van der Waals surface area contributed by atoms with Gasteiger partial charge in [-0.1, -0.05) is 17.8 Å². The van der Waals surface area contributed by atoms with Gasteiger partial charge in [-0.2, -0.15) is 5.26 Å². The summed E-state index contributed by atoms with van der Waals surface area (Å²) in [5.41, 5.74) is 1.41. The minimum Gasteiger partial charge on any atom is -0.497 e. The van der Waals surface area contributed by atoms with Gasteiger partial charge in [0.25, 0.3) is 0 Å². The number of benzene rings is 2. The van der Waals surface area contributed by atoms with Crippen molar-refractivity contribution in [2.45, 2.75) is 22.8 Å². The Labute approximate surface area is 122 Å². The molecular weight excluding hydrogens is 270 g/mol. The van der Waals surface area contributed by atoms with Crippen molar-refractivity contribution in [2.75, 3.05) is 7.11 Å². The van der Waals surface area contributed by atoms with Gasteiger partial charge in [-0.25, -0.2) is 0 Å². The van der Waals surface area contributed by atoms with Gasteiger partial charge in [0.1, 0.15) is 5.75 Å². The van der Waals surface area contributed by atoms with Crippen molar-refractivity contribution in [3.63, 3.8) is 0 Å². The second-order valence-electron chi connectivity index (χ2n) is 4.32. The lowest BCUT2D eigenvalue weighted by atomic mass is 10.1. The summed E-state index contributed by atoms with van der Waals surface area (Å²) < 4.78 is 5.13. The summed E-state index contributed by atoms with van der Waals surface area (Å²) in [5.74, 6) is 0.802. The normalized spacial score (nSPS) is 11.7. The van der Waals surface area contributed by atoms with Crippen molar-refractivity contribution in [1.82, 2.24) is 0 Å². The van der Waals surface area contributed by atoms with Crippen LogP contribution in [0.2, 0.25) is 0 Å². The van der Waals surface area contributed by atoms with E-state index in [1.807, 2.05) is 24.3 Å². The Hall–Kier alpha value is -1.96. The molecule has 0 aromatic heterocycles. The Kier molecular flexibility index (Phi) is 4.67. The van der Waals surface area contributed by atoms with Crippen LogP contribution in [-0.4, -0.2) is 12.2 Å². The summed E-state index contributed by atoms with van der Waals surface area (Å²) >= 11 is 1.52. The van der Waals surface area contributed by atoms with Crippen LogP contribution in [0, 0.1) is 11.3 Å². The molecule has 1 N–H and O–H groups in total. The zero-order valence-electron chi connectivity index (χ0n) is 11.3. The predicted octanol–water partition coefficient (Wildman–Crippen LogP) is 3.77. The van der Waals surface area contributed by atoms with Crippen molar-refractivity contribution in [3.8, 4) is 11.8 Å². The van der Waals surface area contributed by atoms with E-state index >= 15 is 0 Å². The maximum absolute atomic E-state index is 9.81. The highest BCUT2D eigenvalue weighted by Gasteiger charge is 2.10. The van der Waals surface area contributed by atoms with Gasteiger partial charge in [-0.05, 0) is 48.9 Å². The number of hydrogen-bond donors (Lipinski definition) is 1. The average molecular weight is 285 g/mol. The van der Waals surface area contributed by atoms with Crippen LogP contribution in [0.25, 0.3) is 0 Å². The number of hydrogen-bond acceptors (Lipinski definition) is 4. The van der Waals surface area contributed by atoms with Crippen LogP contribution in [0.5, 0.6) is 5.75 Å². The Bertz CT molecular complexity index is 630. The molecule has 2 aromatic rings. The number of rotatable bonds is 4. The Balaban J connectivity index is 2.33. The minimum atomic E-state index is -0.566. The van der Waals surface area contributed by atoms with Crippen LogP contribution in [0.4, 0.5) is 0 Å². The van der Waals surface area contributed by atoms with E-state index in [1.54, 1.807) is 32.2 Å². The van der Waals surface area contributed by atoms with Crippen molar-refractivity contribution in [3.05, 3.63) is 53.6 Å². The summed E-state index contributed by atoms with van der Waals surface area (Å²) in [6.07, 6.45) is -0.566. The third kappa shape index (κ3) is 3.32. The summed E-state index contributed by atoms with van der Waals surface area (Å²) in [6, 6.07) is 15.1. The molecule has 3 nitrogen and oxygen atoms in total. The quantitative estimate of drug-likeness (QED) is 0.929. The van der Waals surface area contributed by atoms with Crippen LogP contribution >= 0.6 is 11.8 Å². The largest absolute Gasteiger partial charge is 0.497 e. The molecular formula is C16H15NO2S. The second-order valence-corrected chi connectivity index (χ2v) is 5.43. The van der Waals surface area contributed by atoms with E-state index < -0.39 is 6.10 Å². The first kappa shape index (κ1) is 14.4. The first-order chi connectivity index (χ1) is 9.63. The number of nitrogens with zero attached hydrogens (tertiary/aromatic N) is 1. The number of nitriles is 1. The van der Waals surface area contributed by atoms with Crippen molar-refractivity contribution >= 4 is 11.8 Å². The molecule has 4 heteroatoms. The zero-order chi connectivity index (χ0) is 14.5. The van der Waals surface area contributed by atoms with E-state index in [1.165, 1.54) is 11.8 Å². The summed E-state index contributed by atoms with van der Waals surface area (Å²) in [5, 5.41) is 18.8. The molecule has 0 spiro atoms. The predicted molar refractivity (Wildman–Crippen MR) is 78.9 cm³/mol. The van der Waals surface area contributed by atoms with Gasteiger partial charge < -0.3 is 9.84 Å². The van der Waals surface area contributed by atoms with E-state index in [0.717, 1.165) is 21.1 Å². The Morgan fingerprint density at radius 3 is 2.45 bits per heavy atom. The van der Waals surface area contributed by atoms with Crippen LogP contribution in [0.3, 0.4) is 0 Å². The zero-order valence-corrected chi connectivity index (χ0v) is 12.1. The fourth-order valence-corrected chi connectivity index (χ4v) is 2.88. The maximum atomic E-state index is 9.81. The highest BCUT2D eigenvalue weighted by atomic mass is 32.2. The third-order valence-electron chi connectivity index (χ3n) is 2.88. The molecule has 20 heavy (non-hydrogen) atoms. The number of methoxy groups -OCH3 is 1. The van der Waals surface area contributed by atoms with Crippen molar-refractivity contribution < 1.29 is 9.84 Å². The van der Waals surface area contributed by atoms with E-state index in [2.05, 4.69) is 6.07 Å². The van der Waals surface area contributed by atoms with E-state index in [-0.39, 0.29) is 0 Å². The molecule has 0 bridgehead atoms. The fraction of sp³-hybridized carbons (Fsp3) is 0.188. The van der Waals surface area contributed by atoms with Gasteiger partial charge in [-0.15, -0.1) is 0 Å². The van der Waals surface area contributed by atoms with Gasteiger partial charge in [0.05, 0.1) is 24.8 Å². The lowest BCUT2D eigenvalue weighted by Crippen LogP contribution is -1.94. The number of aliphatic hydroxyl groups is 1. The first-order valence-corrected chi connectivity index (χ1v) is 6.99. The Morgan fingerprint density at radius 1 is 1.20 bits per heavy atom. The van der Waals surface area contributed by atoms with E-state index in [0.29, 0.717) is 5.56 Å². The molecule has 0 saturated carbocycles. The fourth-order valence-electron chi connectivity index (χ4n) is 1.81. The highest BCUT2D eigenvalue weighted by Crippen LogP contribution is 2.34. The molecule has 0 amide bonds. The Morgan fingerprint density at radius 2 is 1.90 bits per heavy atom. The number of ether oxygens (including phenoxy) is 1. The molecule has 102 valence electrons. The molecule has 0 fully saturated rings. The smallest absolute Gasteiger partial charge is 0.118 e. The lowest BCUT2D eigenvalue weighted by molar-refractivity contribution is 0.196. The lowest BCUT2D eigenvalue weighted by Gasteiger charge is -2.12. The summed E-state index contributed by atoms with van der Waals surface area (Å²) in [7, 11) is 1.63. The van der Waals surface area contributed by atoms with Crippen molar-refractivity contribution in [2.24, 2.45) is 0 Å². The molecule has 0 aliphatic carbocycles. The van der Waals surface area contributed by atoms with Gasteiger partial charge in [0.15, 0.2) is 0 Å². The number of aliphatic hydroxyl groups excluding tert-OH is 1. The van der Waals surface area contributed by atoms with E-state index in [4.69, 9.17) is 10.00 Å². The topological polar surface area (TPSA) is 53.2 Å². The van der Waals surface area contributed by atoms with Gasteiger partial charge in [-0.3, -0.25) is 0 Å². The molecule has 0 radical (unpaired) electrons. The van der Waals surface area contributed by atoms with Crippen LogP contribution < -0.4 is 4.74 Å². The monoisotopic (exact) mass is 285 g/mol. The average Bonchev–Trinajstić information content (AvgIpc) is 2.47. The molecule has 0 unspecified atom stereocenters. The molecule has 0 heterocycles.